The van der Waals surface area contributed by atoms with Crippen molar-refractivity contribution < 1.29 is 23.9 Å². The Balaban J connectivity index is 4.19. The molecule has 0 aliphatic rings. The zero-order valence-corrected chi connectivity index (χ0v) is 9.03. The van der Waals surface area contributed by atoms with Crippen LogP contribution in [0.1, 0.15) is 20.8 Å². The van der Waals surface area contributed by atoms with Gasteiger partial charge in [0.05, 0.1) is 0 Å². The summed E-state index contributed by atoms with van der Waals surface area (Å²) in [5.41, 5.74) is 0.222. The van der Waals surface area contributed by atoms with E-state index in [1.54, 1.807) is 0 Å². The van der Waals surface area contributed by atoms with E-state index in [1.165, 1.54) is 20.8 Å². The average Bonchev–Trinajstić information content (AvgIpc) is 2.10. The van der Waals surface area contributed by atoms with Crippen molar-refractivity contribution in [3.05, 3.63) is 12.2 Å². The van der Waals surface area contributed by atoms with Crippen LogP contribution in [0.5, 0.6) is 0 Å². The molecular weight excluding hydrogens is 200 g/mol. The lowest BCUT2D eigenvalue weighted by Gasteiger charge is -2.13. The summed E-state index contributed by atoms with van der Waals surface area (Å²) < 4.78 is 9.34. The summed E-state index contributed by atoms with van der Waals surface area (Å²) in [7, 11) is 0. The fraction of sp³-hybridized carbons (Fsp3) is 0.500. The van der Waals surface area contributed by atoms with Gasteiger partial charge in [0.25, 0.3) is 0 Å². The van der Waals surface area contributed by atoms with Gasteiger partial charge in [-0.05, 0) is 13.8 Å². The Morgan fingerprint density at radius 2 is 1.73 bits per heavy atom. The third-order valence-corrected chi connectivity index (χ3v) is 1.48. The molecule has 0 saturated heterocycles. The van der Waals surface area contributed by atoms with Gasteiger partial charge < -0.3 is 9.47 Å². The van der Waals surface area contributed by atoms with E-state index in [0.29, 0.717) is 0 Å². The van der Waals surface area contributed by atoms with Gasteiger partial charge >= 0.3 is 11.9 Å². The summed E-state index contributed by atoms with van der Waals surface area (Å²) in [6.07, 6.45) is -1.04. The molecule has 0 spiro atoms. The summed E-state index contributed by atoms with van der Waals surface area (Å²) in [6.45, 7) is 7.01. The fourth-order valence-corrected chi connectivity index (χ4v) is 0.709. The summed E-state index contributed by atoms with van der Waals surface area (Å²) >= 11 is 0. The first-order chi connectivity index (χ1) is 6.84. The minimum atomic E-state index is -1.04. The van der Waals surface area contributed by atoms with Crippen LogP contribution in [0.4, 0.5) is 0 Å². The van der Waals surface area contributed by atoms with Crippen LogP contribution in [-0.4, -0.2) is 30.4 Å². The Morgan fingerprint density at radius 3 is 2.07 bits per heavy atom. The lowest BCUT2D eigenvalue weighted by atomic mass is 10.2. The molecule has 84 valence electrons. The molecule has 5 nitrogen and oxygen atoms in total. The predicted octanol–water partition coefficient (Wildman–Crippen LogP) is 0.626. The molecule has 0 aliphatic carbocycles. The van der Waals surface area contributed by atoms with Crippen LogP contribution in [0.15, 0.2) is 12.2 Å². The second kappa shape index (κ2) is 5.95. The lowest BCUT2D eigenvalue weighted by molar-refractivity contribution is -0.159. The van der Waals surface area contributed by atoms with Crippen molar-refractivity contribution >= 4 is 17.7 Å². The molecule has 0 radical (unpaired) electrons. The van der Waals surface area contributed by atoms with E-state index in [9.17, 15) is 14.4 Å². The number of ketones is 1. The maximum absolute atomic E-state index is 11.0. The lowest BCUT2D eigenvalue weighted by Crippen LogP contribution is -2.30. The molecule has 0 saturated carbocycles. The second-order valence-corrected chi connectivity index (χ2v) is 3.09. The average molecular weight is 214 g/mol. The molecule has 0 aromatic heterocycles. The van der Waals surface area contributed by atoms with E-state index >= 15 is 0 Å². The quantitative estimate of drug-likeness (QED) is 0.495. The van der Waals surface area contributed by atoms with Gasteiger partial charge in [0.15, 0.2) is 11.9 Å². The van der Waals surface area contributed by atoms with Crippen molar-refractivity contribution in [1.82, 2.24) is 0 Å². The molecule has 0 aliphatic heterocycles. The van der Waals surface area contributed by atoms with Crippen LogP contribution in [0.2, 0.25) is 0 Å². The van der Waals surface area contributed by atoms with Gasteiger partial charge in [0, 0.05) is 12.5 Å². The smallest absolute Gasteiger partial charge is 0.333 e. The highest BCUT2D eigenvalue weighted by molar-refractivity contribution is 5.88. The Kier molecular flexibility index (Phi) is 5.30. The van der Waals surface area contributed by atoms with Crippen molar-refractivity contribution in [3.8, 4) is 0 Å². The van der Waals surface area contributed by atoms with Gasteiger partial charge in [-0.3, -0.25) is 9.59 Å². The van der Waals surface area contributed by atoms with Crippen LogP contribution in [0.25, 0.3) is 0 Å². The number of ether oxygens (including phenoxy) is 2. The van der Waals surface area contributed by atoms with E-state index in [0.717, 1.165) is 0 Å². The standard InChI is InChI=1S/C10H14O5/c1-6(2)10(13)14-5-9(7(3)11)15-8(4)12/h9H,1,5H2,2-4H3. The molecule has 1 atom stereocenters. The number of esters is 2. The Labute approximate surface area is 88.0 Å². The molecule has 0 heterocycles. The van der Waals surface area contributed by atoms with Crippen LogP contribution < -0.4 is 0 Å². The van der Waals surface area contributed by atoms with Crippen molar-refractivity contribution in [2.75, 3.05) is 6.61 Å². The Bertz CT molecular complexity index is 292. The Hall–Kier alpha value is -1.65. The maximum atomic E-state index is 11.0. The van der Waals surface area contributed by atoms with E-state index in [4.69, 9.17) is 4.74 Å². The van der Waals surface area contributed by atoms with Crippen LogP contribution in [0, 0.1) is 0 Å². The highest BCUT2D eigenvalue weighted by Crippen LogP contribution is 1.99. The molecule has 0 amide bonds. The SMILES string of the molecule is C=C(C)C(=O)OCC(OC(C)=O)C(C)=O. The number of carbonyl (C=O) groups is 3. The van der Waals surface area contributed by atoms with Crippen LogP contribution in [-0.2, 0) is 23.9 Å². The normalized spacial score (nSPS) is 11.4. The summed E-state index contributed by atoms with van der Waals surface area (Å²) in [5, 5.41) is 0. The molecule has 15 heavy (non-hydrogen) atoms. The van der Waals surface area contributed by atoms with Crippen LogP contribution >= 0.6 is 0 Å². The van der Waals surface area contributed by atoms with Gasteiger partial charge in [-0.2, -0.15) is 0 Å². The van der Waals surface area contributed by atoms with Crippen molar-refractivity contribution in [1.29, 1.82) is 0 Å². The third-order valence-electron chi connectivity index (χ3n) is 1.48. The Morgan fingerprint density at radius 1 is 1.20 bits per heavy atom. The monoisotopic (exact) mass is 214 g/mol. The predicted molar refractivity (Wildman–Crippen MR) is 52.0 cm³/mol. The zero-order chi connectivity index (χ0) is 12.0. The van der Waals surface area contributed by atoms with Crippen LogP contribution in [0.3, 0.4) is 0 Å². The van der Waals surface area contributed by atoms with Gasteiger partial charge in [-0.15, -0.1) is 0 Å². The van der Waals surface area contributed by atoms with E-state index in [2.05, 4.69) is 11.3 Å². The van der Waals surface area contributed by atoms with Gasteiger partial charge in [-0.1, -0.05) is 6.58 Å². The van der Waals surface area contributed by atoms with Crippen molar-refractivity contribution in [2.45, 2.75) is 26.9 Å². The number of rotatable bonds is 5. The van der Waals surface area contributed by atoms with Gasteiger partial charge in [-0.25, -0.2) is 4.79 Å². The zero-order valence-electron chi connectivity index (χ0n) is 9.03. The third kappa shape index (κ3) is 5.61. The summed E-state index contributed by atoms with van der Waals surface area (Å²) in [4.78, 5) is 32.6. The van der Waals surface area contributed by atoms with Gasteiger partial charge in [0.2, 0.25) is 0 Å². The van der Waals surface area contributed by atoms with Crippen molar-refractivity contribution in [3.63, 3.8) is 0 Å². The molecule has 0 aromatic carbocycles. The minimum absolute atomic E-state index is 0.222. The molecule has 0 N–H and O–H groups in total. The van der Waals surface area contributed by atoms with Crippen molar-refractivity contribution in [2.24, 2.45) is 0 Å². The molecule has 1 unspecified atom stereocenters. The maximum Gasteiger partial charge on any atom is 0.333 e. The largest absolute Gasteiger partial charge is 0.458 e. The van der Waals surface area contributed by atoms with Gasteiger partial charge in [0.1, 0.15) is 6.61 Å². The molecule has 5 heteroatoms. The van der Waals surface area contributed by atoms with E-state index in [1.807, 2.05) is 0 Å². The van der Waals surface area contributed by atoms with E-state index in [-0.39, 0.29) is 18.0 Å². The first kappa shape index (κ1) is 13.4. The topological polar surface area (TPSA) is 69.7 Å². The fourth-order valence-electron chi connectivity index (χ4n) is 0.709. The molecular formula is C10H14O5. The first-order valence-corrected chi connectivity index (χ1v) is 4.35. The number of carbonyl (C=O) groups excluding carboxylic acids is 3. The highest BCUT2D eigenvalue weighted by Gasteiger charge is 2.19. The number of hydrogen-bond acceptors (Lipinski definition) is 5. The molecule has 0 aromatic rings. The summed E-state index contributed by atoms with van der Waals surface area (Å²) in [6, 6.07) is 0. The number of Topliss-reactive ketones (excluding diaryl/α,β-unsaturated/α-hetero) is 1. The molecule has 0 rings (SSSR count). The minimum Gasteiger partial charge on any atom is -0.458 e. The molecule has 0 fully saturated rings. The highest BCUT2D eigenvalue weighted by atomic mass is 16.6. The second-order valence-electron chi connectivity index (χ2n) is 3.09. The number of hydrogen-bond donors (Lipinski definition) is 0. The molecule has 0 bridgehead atoms. The summed E-state index contributed by atoms with van der Waals surface area (Å²) in [5.74, 6) is -1.59. The van der Waals surface area contributed by atoms with E-state index < -0.39 is 18.0 Å². The first-order valence-electron chi connectivity index (χ1n) is 4.35.